The Labute approximate surface area is 133 Å². The summed E-state index contributed by atoms with van der Waals surface area (Å²) in [5.41, 5.74) is -1.63. The second-order valence-electron chi connectivity index (χ2n) is 5.91. The number of carbonyl (C=O) groups excluding carboxylic acids is 1. The first-order valence-electron chi connectivity index (χ1n) is 7.88. The summed E-state index contributed by atoms with van der Waals surface area (Å²) in [5.74, 6) is -0.594. The Hall–Kier alpha value is -1.63. The molecular weight excluding hydrogens is 309 g/mol. The van der Waals surface area contributed by atoms with Crippen LogP contribution in [0.4, 0.5) is 13.2 Å². The number of halogens is 3. The number of amides is 1. The smallest absolute Gasteiger partial charge is 0.393 e. The van der Waals surface area contributed by atoms with Gasteiger partial charge >= 0.3 is 6.18 Å². The van der Waals surface area contributed by atoms with Crippen LogP contribution in [-0.2, 0) is 6.18 Å². The molecule has 7 heteroatoms. The Bertz CT molecular complexity index is 534. The molecule has 4 nitrogen and oxygen atoms in total. The minimum absolute atomic E-state index is 0.223. The number of hydrogen-bond donors (Lipinski definition) is 2. The lowest BCUT2D eigenvalue weighted by Gasteiger charge is -2.27. The lowest BCUT2D eigenvalue weighted by atomic mass is 9.83. The molecule has 1 aliphatic rings. The van der Waals surface area contributed by atoms with Gasteiger partial charge in [0.1, 0.15) is 5.69 Å². The van der Waals surface area contributed by atoms with Crippen molar-refractivity contribution in [2.45, 2.75) is 50.8 Å². The number of nitrogens with zero attached hydrogens (tertiary/aromatic N) is 1. The Morgan fingerprint density at radius 3 is 2.78 bits per heavy atom. The van der Waals surface area contributed by atoms with Gasteiger partial charge in [0, 0.05) is 12.7 Å². The van der Waals surface area contributed by atoms with Crippen LogP contribution in [0.5, 0.6) is 0 Å². The summed E-state index contributed by atoms with van der Waals surface area (Å²) in [6, 6.07) is 2.00. The number of pyridine rings is 1. The highest BCUT2D eigenvalue weighted by Crippen LogP contribution is 2.31. The first kappa shape index (κ1) is 17.7. The zero-order valence-corrected chi connectivity index (χ0v) is 12.8. The zero-order valence-electron chi connectivity index (χ0n) is 12.8. The molecule has 128 valence electrons. The number of carbonyl (C=O) groups is 1. The van der Waals surface area contributed by atoms with Crippen molar-refractivity contribution in [1.29, 1.82) is 0 Å². The van der Waals surface area contributed by atoms with Gasteiger partial charge in [-0.25, -0.2) is 0 Å². The molecular formula is C16H21F3N2O2. The van der Waals surface area contributed by atoms with Crippen molar-refractivity contribution in [3.8, 4) is 0 Å². The number of aliphatic hydroxyl groups excluding tert-OH is 1. The minimum atomic E-state index is -4.60. The van der Waals surface area contributed by atoms with Crippen LogP contribution < -0.4 is 5.32 Å². The van der Waals surface area contributed by atoms with Gasteiger partial charge in [0.15, 0.2) is 0 Å². The summed E-state index contributed by atoms with van der Waals surface area (Å²) in [7, 11) is 0. The van der Waals surface area contributed by atoms with Gasteiger partial charge < -0.3 is 10.4 Å². The van der Waals surface area contributed by atoms with Crippen molar-refractivity contribution in [3.63, 3.8) is 0 Å². The molecule has 1 saturated carbocycles. The predicted octanol–water partition coefficient (Wildman–Crippen LogP) is 3.16. The third-order valence-electron chi connectivity index (χ3n) is 4.23. The molecule has 1 aromatic rings. The van der Waals surface area contributed by atoms with Gasteiger partial charge in [-0.05, 0) is 43.7 Å². The molecule has 1 aliphatic carbocycles. The van der Waals surface area contributed by atoms with E-state index in [9.17, 15) is 23.1 Å². The molecule has 0 bridgehead atoms. The minimum Gasteiger partial charge on any atom is -0.393 e. The van der Waals surface area contributed by atoms with E-state index in [1.807, 2.05) is 0 Å². The van der Waals surface area contributed by atoms with E-state index in [0.29, 0.717) is 6.42 Å². The normalized spacial score (nSPS) is 21.9. The zero-order chi connectivity index (χ0) is 16.9. The van der Waals surface area contributed by atoms with E-state index < -0.39 is 23.3 Å². The fourth-order valence-electron chi connectivity index (χ4n) is 2.99. The molecule has 2 atom stereocenters. The maximum Gasteiger partial charge on any atom is 0.418 e. The predicted molar refractivity (Wildman–Crippen MR) is 78.8 cm³/mol. The van der Waals surface area contributed by atoms with Crippen molar-refractivity contribution in [3.05, 3.63) is 29.6 Å². The van der Waals surface area contributed by atoms with Gasteiger partial charge in [0.25, 0.3) is 5.91 Å². The summed E-state index contributed by atoms with van der Waals surface area (Å²) in [6.45, 7) is 0.274. The van der Waals surface area contributed by atoms with E-state index in [2.05, 4.69) is 10.3 Å². The quantitative estimate of drug-likeness (QED) is 0.815. The first-order chi connectivity index (χ1) is 10.9. The lowest BCUT2D eigenvalue weighted by Crippen LogP contribution is -2.30. The molecule has 23 heavy (non-hydrogen) atoms. The number of hydrogen-bond acceptors (Lipinski definition) is 3. The van der Waals surface area contributed by atoms with Crippen molar-refractivity contribution in [2.24, 2.45) is 5.92 Å². The average molecular weight is 330 g/mol. The number of rotatable bonds is 5. The van der Waals surface area contributed by atoms with Crippen LogP contribution >= 0.6 is 0 Å². The summed E-state index contributed by atoms with van der Waals surface area (Å²) in [4.78, 5) is 15.5. The molecule has 1 fully saturated rings. The fraction of sp³-hybridized carbons (Fsp3) is 0.625. The number of aliphatic hydroxyl groups is 1. The SMILES string of the molecule is O=C(NCCCC1CCCCC1O)c1ncccc1C(F)(F)F. The van der Waals surface area contributed by atoms with Crippen LogP contribution in [0.1, 0.15) is 54.6 Å². The Balaban J connectivity index is 1.84. The highest BCUT2D eigenvalue weighted by molar-refractivity contribution is 5.93. The maximum atomic E-state index is 12.8. The van der Waals surface area contributed by atoms with Crippen molar-refractivity contribution in [1.82, 2.24) is 10.3 Å². The van der Waals surface area contributed by atoms with Crippen molar-refractivity contribution in [2.75, 3.05) is 6.54 Å². The van der Waals surface area contributed by atoms with Gasteiger partial charge in [-0.15, -0.1) is 0 Å². The highest BCUT2D eigenvalue weighted by Gasteiger charge is 2.35. The lowest BCUT2D eigenvalue weighted by molar-refractivity contribution is -0.138. The standard InChI is InChI=1S/C16H21F3N2O2/c17-16(18,19)12-7-4-9-20-14(12)15(23)21-10-3-6-11-5-1-2-8-13(11)22/h4,7,9,11,13,22H,1-3,5-6,8,10H2,(H,21,23). The summed E-state index contributed by atoms with van der Waals surface area (Å²) in [6.07, 6.45) is 1.55. The number of nitrogens with one attached hydrogen (secondary N) is 1. The Kier molecular flexibility index (Phi) is 5.98. The molecule has 2 rings (SSSR count). The largest absolute Gasteiger partial charge is 0.418 e. The van der Waals surface area contributed by atoms with E-state index >= 15 is 0 Å². The van der Waals surface area contributed by atoms with E-state index in [0.717, 1.165) is 44.2 Å². The molecule has 0 spiro atoms. The van der Waals surface area contributed by atoms with Crippen molar-refractivity contribution >= 4 is 5.91 Å². The molecule has 0 radical (unpaired) electrons. The number of alkyl halides is 3. The molecule has 2 unspecified atom stereocenters. The van der Waals surface area contributed by atoms with Gasteiger partial charge in [0.2, 0.25) is 0 Å². The fourth-order valence-corrected chi connectivity index (χ4v) is 2.99. The van der Waals surface area contributed by atoms with E-state index in [4.69, 9.17) is 0 Å². The molecule has 1 amide bonds. The second-order valence-corrected chi connectivity index (χ2v) is 5.91. The van der Waals surface area contributed by atoms with Gasteiger partial charge in [0.05, 0.1) is 11.7 Å². The first-order valence-corrected chi connectivity index (χ1v) is 7.88. The van der Waals surface area contributed by atoms with Crippen LogP contribution in [0.25, 0.3) is 0 Å². The summed E-state index contributed by atoms with van der Waals surface area (Å²) >= 11 is 0. The Morgan fingerprint density at radius 2 is 2.09 bits per heavy atom. The maximum absolute atomic E-state index is 12.8. The molecule has 1 heterocycles. The summed E-state index contributed by atoms with van der Waals surface area (Å²) in [5, 5.41) is 12.3. The van der Waals surface area contributed by atoms with E-state index in [1.54, 1.807) is 0 Å². The van der Waals surface area contributed by atoms with Crippen LogP contribution in [-0.4, -0.2) is 28.6 Å². The molecule has 2 N–H and O–H groups in total. The van der Waals surface area contributed by atoms with E-state index in [-0.39, 0.29) is 18.6 Å². The van der Waals surface area contributed by atoms with Gasteiger partial charge in [-0.3, -0.25) is 9.78 Å². The second kappa shape index (κ2) is 7.77. The van der Waals surface area contributed by atoms with Crippen LogP contribution in [0, 0.1) is 5.92 Å². The Morgan fingerprint density at radius 1 is 1.35 bits per heavy atom. The van der Waals surface area contributed by atoms with Crippen LogP contribution in [0.15, 0.2) is 18.3 Å². The highest BCUT2D eigenvalue weighted by atomic mass is 19.4. The van der Waals surface area contributed by atoms with Gasteiger partial charge in [-0.2, -0.15) is 13.2 Å². The van der Waals surface area contributed by atoms with Crippen LogP contribution in [0.2, 0.25) is 0 Å². The molecule has 1 aromatic heterocycles. The van der Waals surface area contributed by atoms with Crippen molar-refractivity contribution < 1.29 is 23.1 Å². The monoisotopic (exact) mass is 330 g/mol. The van der Waals surface area contributed by atoms with E-state index in [1.165, 1.54) is 6.20 Å². The van der Waals surface area contributed by atoms with Gasteiger partial charge in [-0.1, -0.05) is 12.8 Å². The van der Waals surface area contributed by atoms with Crippen LogP contribution in [0.3, 0.4) is 0 Å². The molecule has 0 aliphatic heterocycles. The number of aromatic nitrogens is 1. The summed E-state index contributed by atoms with van der Waals surface area (Å²) < 4.78 is 38.5. The average Bonchev–Trinajstić information content (AvgIpc) is 2.52. The molecule has 0 aromatic carbocycles. The molecule has 0 saturated heterocycles. The third-order valence-corrected chi connectivity index (χ3v) is 4.23. The topological polar surface area (TPSA) is 62.2 Å². The third kappa shape index (κ3) is 4.92.